The molecule has 15 nitrogen and oxygen atoms in total. The summed E-state index contributed by atoms with van der Waals surface area (Å²) in [7, 11) is 7.08. The number of nitrogens with one attached hydrogen (secondary N) is 5. The van der Waals surface area contributed by atoms with Crippen LogP contribution in [-0.2, 0) is 16.1 Å². The minimum Gasteiger partial charge on any atom is -0.494 e. The Morgan fingerprint density at radius 2 is 1.91 bits per heavy atom. The van der Waals surface area contributed by atoms with Crippen LogP contribution in [0.5, 0.6) is 5.75 Å². The second kappa shape index (κ2) is 13.5. The van der Waals surface area contributed by atoms with Crippen molar-refractivity contribution in [1.82, 2.24) is 41.2 Å². The molecule has 5 N–H and O–H groups in total. The van der Waals surface area contributed by atoms with Crippen molar-refractivity contribution in [2.45, 2.75) is 24.6 Å². The molecule has 228 valence electrons. The Morgan fingerprint density at radius 3 is 2.61 bits per heavy atom. The SMILES string of the molecule is BC(B)(B)NC(=O)c1nnc(NC(=O)C2CC2)cc1Nc1cccc(-c2nc(CNC(=O)CN3CCNCC3)no2)c1OC. The summed E-state index contributed by atoms with van der Waals surface area (Å²) >= 11 is 0. The van der Waals surface area contributed by atoms with Gasteiger partial charge in [0.1, 0.15) is 23.5 Å². The van der Waals surface area contributed by atoms with Crippen molar-refractivity contribution >= 4 is 58.5 Å². The second-order valence-corrected chi connectivity index (χ2v) is 11.8. The van der Waals surface area contributed by atoms with Crippen LogP contribution in [0, 0.1) is 5.92 Å². The highest BCUT2D eigenvalue weighted by atomic mass is 16.5. The van der Waals surface area contributed by atoms with Crippen molar-refractivity contribution < 1.29 is 23.6 Å². The lowest BCUT2D eigenvalue weighted by molar-refractivity contribution is -0.122. The Balaban J connectivity index is 1.35. The summed E-state index contributed by atoms with van der Waals surface area (Å²) in [5.74, 6) is 0.352. The van der Waals surface area contributed by atoms with Crippen LogP contribution < -0.4 is 31.3 Å². The molecule has 2 aliphatic rings. The van der Waals surface area contributed by atoms with Crippen molar-refractivity contribution in [1.29, 1.82) is 0 Å². The van der Waals surface area contributed by atoms with E-state index in [1.807, 2.05) is 23.5 Å². The van der Waals surface area contributed by atoms with E-state index < -0.39 is 11.1 Å². The van der Waals surface area contributed by atoms with Crippen LogP contribution in [0.1, 0.15) is 29.2 Å². The summed E-state index contributed by atoms with van der Waals surface area (Å²) in [6.07, 6.45) is 1.67. The van der Waals surface area contributed by atoms with E-state index in [0.717, 1.165) is 39.0 Å². The fraction of sp³-hybridized carbons (Fsp3) is 0.423. The van der Waals surface area contributed by atoms with Crippen LogP contribution in [0.4, 0.5) is 17.2 Å². The molecule has 1 saturated heterocycles. The number of piperazine rings is 1. The first kappa shape index (κ1) is 31.0. The third-order valence-corrected chi connectivity index (χ3v) is 6.90. The zero-order valence-corrected chi connectivity index (χ0v) is 25.3. The van der Waals surface area contributed by atoms with Gasteiger partial charge < -0.3 is 35.8 Å². The number of anilines is 3. The maximum Gasteiger partial charge on any atom is 0.272 e. The summed E-state index contributed by atoms with van der Waals surface area (Å²) in [6.45, 7) is 3.77. The Hall–Kier alpha value is -4.44. The number of ether oxygens (including phenoxy) is 1. The molecule has 0 unspecified atom stereocenters. The molecular weight excluding hydrogens is 565 g/mol. The van der Waals surface area contributed by atoms with E-state index in [0.29, 0.717) is 35.1 Å². The summed E-state index contributed by atoms with van der Waals surface area (Å²) in [4.78, 5) is 44.5. The highest BCUT2D eigenvalue weighted by molar-refractivity contribution is 6.60. The maximum absolute atomic E-state index is 13.1. The molecule has 0 radical (unpaired) electrons. The molecule has 1 aliphatic carbocycles. The highest BCUT2D eigenvalue weighted by Gasteiger charge is 2.30. The lowest BCUT2D eigenvalue weighted by atomic mass is 9.49. The average molecular weight is 600 g/mol. The van der Waals surface area contributed by atoms with Gasteiger partial charge in [0.15, 0.2) is 23.1 Å². The zero-order chi connectivity index (χ0) is 31.3. The predicted octanol–water partition coefficient (Wildman–Crippen LogP) is -2.61. The Morgan fingerprint density at radius 1 is 1.14 bits per heavy atom. The number of carbonyl (C=O) groups is 3. The lowest BCUT2D eigenvalue weighted by Gasteiger charge is -2.26. The monoisotopic (exact) mass is 600 g/mol. The molecule has 3 aromatic rings. The summed E-state index contributed by atoms with van der Waals surface area (Å²) in [5, 5.41) is 26.7. The van der Waals surface area contributed by atoms with Gasteiger partial charge in [-0.25, -0.2) is 0 Å². The minimum atomic E-state index is -0.521. The quantitative estimate of drug-likeness (QED) is 0.137. The van der Waals surface area contributed by atoms with Gasteiger partial charge in [0.2, 0.25) is 11.8 Å². The third kappa shape index (κ3) is 8.14. The number of benzene rings is 1. The Kier molecular flexibility index (Phi) is 9.49. The average Bonchev–Trinajstić information content (AvgIpc) is 3.73. The summed E-state index contributed by atoms with van der Waals surface area (Å²) < 4.78 is 11.2. The minimum absolute atomic E-state index is 0.0336. The Labute approximate surface area is 257 Å². The highest BCUT2D eigenvalue weighted by Crippen LogP contribution is 2.38. The van der Waals surface area contributed by atoms with Crippen molar-refractivity contribution in [2.24, 2.45) is 5.92 Å². The number of para-hydroxylation sites is 1. The van der Waals surface area contributed by atoms with Gasteiger partial charge in [0, 0.05) is 38.2 Å². The molecule has 1 aromatic carbocycles. The van der Waals surface area contributed by atoms with Gasteiger partial charge in [-0.2, -0.15) is 4.98 Å². The largest absolute Gasteiger partial charge is 0.494 e. The molecule has 0 spiro atoms. The third-order valence-electron chi connectivity index (χ3n) is 6.90. The predicted molar refractivity (Wildman–Crippen MR) is 170 cm³/mol. The number of amides is 3. The van der Waals surface area contributed by atoms with Crippen LogP contribution in [0.3, 0.4) is 0 Å². The number of hydrogen-bond donors (Lipinski definition) is 5. The number of carbonyl (C=O) groups excluding carboxylic acids is 3. The first-order valence-corrected chi connectivity index (χ1v) is 14.6. The molecular formula is C26H35B3N10O5. The molecule has 1 saturated carbocycles. The molecule has 44 heavy (non-hydrogen) atoms. The van der Waals surface area contributed by atoms with E-state index in [1.54, 1.807) is 24.3 Å². The van der Waals surface area contributed by atoms with Crippen LogP contribution in [0.2, 0.25) is 0 Å². The van der Waals surface area contributed by atoms with Gasteiger partial charge in [0.05, 0.1) is 37.1 Å². The summed E-state index contributed by atoms with van der Waals surface area (Å²) in [5.41, 5.74) is 1.31. The smallest absolute Gasteiger partial charge is 0.272 e. The fourth-order valence-corrected chi connectivity index (χ4v) is 4.60. The van der Waals surface area contributed by atoms with Crippen molar-refractivity contribution in [3.8, 4) is 17.2 Å². The van der Waals surface area contributed by atoms with Crippen molar-refractivity contribution in [3.05, 3.63) is 35.8 Å². The zero-order valence-electron chi connectivity index (χ0n) is 25.3. The Bertz CT molecular complexity index is 1520. The van der Waals surface area contributed by atoms with E-state index in [2.05, 4.69) is 51.8 Å². The second-order valence-electron chi connectivity index (χ2n) is 11.8. The number of rotatable bonds is 12. The molecule has 0 bridgehead atoms. The van der Waals surface area contributed by atoms with Crippen LogP contribution in [0.15, 0.2) is 28.8 Å². The first-order valence-electron chi connectivity index (χ1n) is 14.6. The van der Waals surface area contributed by atoms with Crippen molar-refractivity contribution in [2.75, 3.05) is 50.5 Å². The van der Waals surface area contributed by atoms with Gasteiger partial charge in [-0.05, 0) is 30.2 Å². The van der Waals surface area contributed by atoms with Crippen LogP contribution in [-0.4, -0.2) is 112 Å². The van der Waals surface area contributed by atoms with Crippen LogP contribution >= 0.6 is 0 Å². The van der Waals surface area contributed by atoms with Gasteiger partial charge >= 0.3 is 0 Å². The maximum atomic E-state index is 13.1. The van der Waals surface area contributed by atoms with E-state index in [9.17, 15) is 14.4 Å². The lowest BCUT2D eigenvalue weighted by Crippen LogP contribution is -2.50. The van der Waals surface area contributed by atoms with E-state index in [1.165, 1.54) is 7.11 Å². The van der Waals surface area contributed by atoms with Crippen LogP contribution in [0.25, 0.3) is 11.5 Å². The fourth-order valence-electron chi connectivity index (χ4n) is 4.60. The van der Waals surface area contributed by atoms with E-state index in [-0.39, 0.29) is 41.7 Å². The number of aromatic nitrogens is 4. The molecule has 0 atom stereocenters. The number of nitrogens with zero attached hydrogens (tertiary/aromatic N) is 5. The van der Waals surface area contributed by atoms with E-state index in [4.69, 9.17) is 9.26 Å². The van der Waals surface area contributed by atoms with Crippen molar-refractivity contribution in [3.63, 3.8) is 0 Å². The summed E-state index contributed by atoms with van der Waals surface area (Å²) in [6, 6.07) is 6.83. The van der Waals surface area contributed by atoms with Gasteiger partial charge in [-0.3, -0.25) is 19.3 Å². The molecule has 18 heteroatoms. The molecule has 5 rings (SSSR count). The number of hydrogen-bond acceptors (Lipinski definition) is 12. The molecule has 3 heterocycles. The molecule has 3 amide bonds. The molecule has 2 aromatic heterocycles. The molecule has 2 fully saturated rings. The standard InChI is InChI=1S/C26H35B3N10O5/c1-43-22-15(25-34-19(38-44-25)12-31-20(40)13-39-9-7-30-8-10-39)3-2-4-16(22)32-17-11-18(33-23(41)14-5-6-14)36-37-21(17)24(42)35-26(27,28)29/h2-4,11,14,30H,5-10,12-13,27-29H2,1H3,(H,31,40)(H,35,42)(H2,32,33,36,41). The number of methoxy groups -OCH3 is 1. The normalized spacial score (nSPS) is 15.3. The molecule has 1 aliphatic heterocycles. The topological polar surface area (TPSA) is 189 Å². The van der Waals surface area contributed by atoms with Gasteiger partial charge in [-0.15, -0.1) is 10.2 Å². The van der Waals surface area contributed by atoms with Gasteiger partial charge in [-0.1, -0.05) is 11.2 Å². The van der Waals surface area contributed by atoms with Gasteiger partial charge in [0.25, 0.3) is 11.8 Å². The van der Waals surface area contributed by atoms with E-state index >= 15 is 0 Å². The first-order chi connectivity index (χ1) is 21.1.